The molecule has 0 aliphatic heterocycles. The molecule has 0 radical (unpaired) electrons. The van der Waals surface area contributed by atoms with Crippen LogP contribution in [0.5, 0.6) is 11.5 Å². The molecule has 2 aromatic heterocycles. The van der Waals surface area contributed by atoms with Crippen molar-refractivity contribution >= 4 is 40.5 Å². The number of nitrogens with zero attached hydrogens (tertiary/aromatic N) is 3. The van der Waals surface area contributed by atoms with Gasteiger partial charge in [-0.15, -0.1) is 11.3 Å². The number of carboxylic acids is 1. The number of ether oxygens (including phenoxy) is 1. The molecule has 0 saturated carbocycles. The quantitative estimate of drug-likeness (QED) is 0.213. The number of anilines is 1. The number of benzene rings is 2. The van der Waals surface area contributed by atoms with E-state index < -0.39 is 52.5 Å². The second kappa shape index (κ2) is 11.7. The summed E-state index contributed by atoms with van der Waals surface area (Å²) < 4.78 is 64.0. The van der Waals surface area contributed by atoms with Crippen molar-refractivity contribution in [2.75, 3.05) is 4.90 Å². The smallest absolute Gasteiger partial charge is 0.419 e. The Kier molecular flexibility index (Phi) is 8.50. The van der Waals surface area contributed by atoms with Crippen LogP contribution in [0.15, 0.2) is 60.2 Å². The molecule has 0 saturated heterocycles. The highest BCUT2D eigenvalue weighted by molar-refractivity contribution is 7.06. The van der Waals surface area contributed by atoms with E-state index >= 15 is 4.39 Å². The van der Waals surface area contributed by atoms with E-state index in [1.165, 1.54) is 29.0 Å². The monoisotopic (exact) mass is 608 g/mol. The number of nitrogens with one attached hydrogen (secondary N) is 1. The predicted octanol–water partition coefficient (Wildman–Crippen LogP) is 6.83. The van der Waals surface area contributed by atoms with E-state index in [4.69, 9.17) is 21.7 Å². The zero-order chi connectivity index (χ0) is 30.1. The molecular formula is C27H21ClF4N4O4S. The summed E-state index contributed by atoms with van der Waals surface area (Å²) in [6, 6.07) is 6.66. The molecule has 4 aromatic rings. The SMILES string of the molecule is CC(C)N(C(=O)c1ccc(Cl)cn1)c1cc(F)c(Oc2ccc(Cn3ccsc3=N)cc2C(F)(F)F)cc1C(=O)O. The standard InChI is InChI=1S/C27H21ClF4N4O4S/c1-14(2)36(24(37)20-5-4-16(28)12-34-20)21-11-19(29)23(10-17(21)25(38)39)40-22-6-3-15(9-18(22)27(30,31)32)13-35-7-8-41-26(35)33/h3-12,14,33H,13H2,1-2H3,(H,38,39). The molecule has 8 nitrogen and oxygen atoms in total. The lowest BCUT2D eigenvalue weighted by Gasteiger charge is -2.28. The van der Waals surface area contributed by atoms with E-state index in [-0.39, 0.29) is 33.3 Å². The molecule has 2 N–H and O–H groups in total. The van der Waals surface area contributed by atoms with Crippen molar-refractivity contribution in [3.63, 3.8) is 0 Å². The lowest BCUT2D eigenvalue weighted by atomic mass is 10.1. The number of thiazole rings is 1. The molecule has 0 aliphatic rings. The lowest BCUT2D eigenvalue weighted by molar-refractivity contribution is -0.138. The fraction of sp³-hybridized carbons (Fsp3) is 0.185. The normalized spacial score (nSPS) is 11.5. The Bertz CT molecular complexity index is 1670. The number of carbonyl (C=O) groups excluding carboxylic acids is 1. The second-order valence-electron chi connectivity index (χ2n) is 9.00. The summed E-state index contributed by atoms with van der Waals surface area (Å²) in [6.45, 7) is 3.12. The molecule has 0 aliphatic carbocycles. The topological polar surface area (TPSA) is 109 Å². The van der Waals surface area contributed by atoms with Gasteiger partial charge in [-0.3, -0.25) is 10.2 Å². The first-order valence-corrected chi connectivity index (χ1v) is 13.1. The molecule has 41 heavy (non-hydrogen) atoms. The van der Waals surface area contributed by atoms with Crippen molar-refractivity contribution in [1.29, 1.82) is 5.41 Å². The summed E-state index contributed by atoms with van der Waals surface area (Å²) in [4.78, 5) is 30.5. The zero-order valence-corrected chi connectivity index (χ0v) is 22.9. The number of alkyl halides is 3. The van der Waals surface area contributed by atoms with Crippen molar-refractivity contribution in [3.8, 4) is 11.5 Å². The maximum Gasteiger partial charge on any atom is 0.419 e. The molecule has 14 heteroatoms. The third kappa shape index (κ3) is 6.57. The molecule has 0 unspecified atom stereocenters. The Labute approximate surface area is 239 Å². The fourth-order valence-corrected chi connectivity index (χ4v) is 4.68. The Morgan fingerprint density at radius 2 is 1.90 bits per heavy atom. The van der Waals surface area contributed by atoms with Gasteiger partial charge in [0.15, 0.2) is 16.4 Å². The summed E-state index contributed by atoms with van der Waals surface area (Å²) >= 11 is 6.93. The zero-order valence-electron chi connectivity index (χ0n) is 21.4. The average Bonchev–Trinajstić information content (AvgIpc) is 3.29. The average molecular weight is 609 g/mol. The second-order valence-corrected chi connectivity index (χ2v) is 10.3. The highest BCUT2D eigenvalue weighted by Crippen LogP contribution is 2.40. The van der Waals surface area contributed by atoms with Crippen LogP contribution in [0.3, 0.4) is 0 Å². The summed E-state index contributed by atoms with van der Waals surface area (Å²) in [5.74, 6) is -5.06. The summed E-state index contributed by atoms with van der Waals surface area (Å²) in [5.41, 5.74) is -2.02. The third-order valence-electron chi connectivity index (χ3n) is 5.83. The minimum atomic E-state index is -4.90. The van der Waals surface area contributed by atoms with Crippen LogP contribution in [0.4, 0.5) is 23.2 Å². The van der Waals surface area contributed by atoms with Crippen molar-refractivity contribution < 1.29 is 37.0 Å². The molecule has 1 amide bonds. The molecule has 0 spiro atoms. The number of amides is 1. The first kappa shape index (κ1) is 29.7. The maximum atomic E-state index is 15.3. The first-order valence-electron chi connectivity index (χ1n) is 11.8. The minimum Gasteiger partial charge on any atom is -0.478 e. The van der Waals surface area contributed by atoms with Gasteiger partial charge in [-0.25, -0.2) is 14.2 Å². The summed E-state index contributed by atoms with van der Waals surface area (Å²) in [7, 11) is 0. The van der Waals surface area contributed by atoms with Gasteiger partial charge in [0.1, 0.15) is 11.4 Å². The molecular weight excluding hydrogens is 588 g/mol. The Hall–Kier alpha value is -4.23. The van der Waals surface area contributed by atoms with Gasteiger partial charge in [-0.05, 0) is 43.7 Å². The highest BCUT2D eigenvalue weighted by atomic mass is 35.5. The van der Waals surface area contributed by atoms with Crippen molar-refractivity contribution in [3.05, 3.63) is 98.3 Å². The number of carboxylic acid groups (broad SMARTS) is 1. The number of hydrogen-bond acceptors (Lipinski definition) is 6. The van der Waals surface area contributed by atoms with Crippen molar-refractivity contribution in [1.82, 2.24) is 9.55 Å². The molecule has 0 fully saturated rings. The van der Waals surface area contributed by atoms with E-state index in [9.17, 15) is 27.9 Å². The largest absolute Gasteiger partial charge is 0.478 e. The van der Waals surface area contributed by atoms with Crippen LogP contribution >= 0.6 is 22.9 Å². The molecule has 2 aromatic carbocycles. The van der Waals surface area contributed by atoms with Gasteiger partial charge < -0.3 is 19.3 Å². The van der Waals surface area contributed by atoms with Crippen LogP contribution in [0.25, 0.3) is 0 Å². The summed E-state index contributed by atoms with van der Waals surface area (Å²) in [5, 5.41) is 19.6. The van der Waals surface area contributed by atoms with E-state index in [1.807, 2.05) is 0 Å². The van der Waals surface area contributed by atoms with Gasteiger partial charge in [0.2, 0.25) is 0 Å². The van der Waals surface area contributed by atoms with Crippen LogP contribution in [0.2, 0.25) is 5.02 Å². The molecule has 0 bridgehead atoms. The van der Waals surface area contributed by atoms with Crippen LogP contribution in [-0.2, 0) is 12.7 Å². The van der Waals surface area contributed by atoms with E-state index in [1.54, 1.807) is 25.4 Å². The van der Waals surface area contributed by atoms with Crippen molar-refractivity contribution in [2.45, 2.75) is 32.6 Å². The van der Waals surface area contributed by atoms with Crippen LogP contribution in [0.1, 0.15) is 45.8 Å². The number of aromatic nitrogens is 2. The molecule has 4 rings (SSSR count). The molecule has 0 atom stereocenters. The van der Waals surface area contributed by atoms with Crippen LogP contribution < -0.4 is 14.4 Å². The Balaban J connectivity index is 1.75. The van der Waals surface area contributed by atoms with E-state index in [0.29, 0.717) is 0 Å². The van der Waals surface area contributed by atoms with Crippen LogP contribution in [-0.4, -0.2) is 32.6 Å². The number of rotatable bonds is 8. The number of pyridine rings is 1. The maximum absolute atomic E-state index is 15.3. The highest BCUT2D eigenvalue weighted by Gasteiger charge is 2.36. The minimum absolute atomic E-state index is 0.0144. The Morgan fingerprint density at radius 3 is 2.46 bits per heavy atom. The van der Waals surface area contributed by atoms with E-state index in [0.717, 1.165) is 40.5 Å². The fourth-order valence-electron chi connectivity index (χ4n) is 3.97. The molecule has 2 heterocycles. The number of halogens is 5. The van der Waals surface area contributed by atoms with Gasteiger partial charge in [-0.1, -0.05) is 17.7 Å². The predicted molar refractivity (Wildman–Crippen MR) is 143 cm³/mol. The van der Waals surface area contributed by atoms with Gasteiger partial charge in [0.05, 0.1) is 21.8 Å². The van der Waals surface area contributed by atoms with Crippen molar-refractivity contribution in [2.24, 2.45) is 0 Å². The van der Waals surface area contributed by atoms with E-state index in [2.05, 4.69) is 4.98 Å². The third-order valence-corrected chi connectivity index (χ3v) is 6.76. The molecule has 214 valence electrons. The van der Waals surface area contributed by atoms with Gasteiger partial charge in [0, 0.05) is 42.5 Å². The van der Waals surface area contributed by atoms with Gasteiger partial charge in [0.25, 0.3) is 5.91 Å². The van der Waals surface area contributed by atoms with Gasteiger partial charge in [-0.2, -0.15) is 13.2 Å². The lowest BCUT2D eigenvalue weighted by Crippen LogP contribution is -2.38. The number of hydrogen-bond donors (Lipinski definition) is 2. The first-order chi connectivity index (χ1) is 19.3. The number of aromatic carboxylic acids is 1. The number of carbonyl (C=O) groups is 2. The summed E-state index contributed by atoms with van der Waals surface area (Å²) in [6.07, 6.45) is -2.12. The Morgan fingerprint density at radius 1 is 1.17 bits per heavy atom. The van der Waals surface area contributed by atoms with Crippen LogP contribution in [0, 0.1) is 11.2 Å². The van der Waals surface area contributed by atoms with Gasteiger partial charge >= 0.3 is 12.1 Å².